The number of nitrogens with zero attached hydrogens (tertiary/aromatic N) is 2. The van der Waals surface area contributed by atoms with E-state index >= 15 is 0 Å². The van der Waals surface area contributed by atoms with Gasteiger partial charge in [-0.1, -0.05) is 64.4 Å². The Hall–Kier alpha value is -3.39. The number of ether oxygens (including phenoxy) is 1. The van der Waals surface area contributed by atoms with Gasteiger partial charge in [0.1, 0.15) is 11.5 Å². The van der Waals surface area contributed by atoms with E-state index in [2.05, 4.69) is 4.99 Å². The minimum absolute atomic E-state index is 0.223. The van der Waals surface area contributed by atoms with E-state index in [-0.39, 0.29) is 12.2 Å². The van der Waals surface area contributed by atoms with Gasteiger partial charge >= 0.3 is 5.97 Å². The highest BCUT2D eigenvalue weighted by Gasteiger charge is 2.33. The fourth-order valence-electron chi connectivity index (χ4n) is 4.22. The Labute approximate surface area is 226 Å². The molecule has 0 spiro atoms. The van der Waals surface area contributed by atoms with Crippen LogP contribution in [-0.4, -0.2) is 17.1 Å². The summed E-state index contributed by atoms with van der Waals surface area (Å²) in [6.07, 6.45) is 1.68. The maximum atomic E-state index is 13.7. The Bertz CT molecular complexity index is 1730. The predicted molar refractivity (Wildman–Crippen MR) is 146 cm³/mol. The molecule has 1 aliphatic heterocycles. The average Bonchev–Trinajstić information content (AvgIpc) is 3.45. The van der Waals surface area contributed by atoms with Crippen molar-refractivity contribution in [1.82, 2.24) is 4.57 Å². The van der Waals surface area contributed by atoms with Crippen molar-refractivity contribution < 1.29 is 13.9 Å². The van der Waals surface area contributed by atoms with Crippen LogP contribution in [0.25, 0.3) is 17.4 Å². The number of aryl methyl sites for hydroxylation is 1. The highest BCUT2D eigenvalue weighted by Crippen LogP contribution is 2.31. The highest BCUT2D eigenvalue weighted by atomic mass is 35.5. The summed E-state index contributed by atoms with van der Waals surface area (Å²) in [7, 11) is 0. The second kappa shape index (κ2) is 10.2. The lowest BCUT2D eigenvalue weighted by Crippen LogP contribution is -2.39. The topological polar surface area (TPSA) is 73.8 Å². The van der Waals surface area contributed by atoms with Gasteiger partial charge in [-0.2, -0.15) is 0 Å². The molecule has 1 atom stereocenters. The molecule has 6 nitrogen and oxygen atoms in total. The zero-order chi connectivity index (χ0) is 26.3. The molecular weight excluding hydrogens is 531 g/mol. The van der Waals surface area contributed by atoms with Crippen LogP contribution in [0.3, 0.4) is 0 Å². The first kappa shape index (κ1) is 25.3. The van der Waals surface area contributed by atoms with Gasteiger partial charge in [0.05, 0.1) is 38.5 Å². The van der Waals surface area contributed by atoms with E-state index in [4.69, 9.17) is 32.4 Å². The van der Waals surface area contributed by atoms with Crippen LogP contribution in [0, 0.1) is 6.92 Å². The van der Waals surface area contributed by atoms with Gasteiger partial charge < -0.3 is 9.15 Å². The fourth-order valence-corrected chi connectivity index (χ4v) is 5.54. The third-order valence-corrected chi connectivity index (χ3v) is 7.74. The number of fused-ring (bicyclic) bond motifs is 1. The summed E-state index contributed by atoms with van der Waals surface area (Å²) in [4.78, 5) is 31.8. The summed E-state index contributed by atoms with van der Waals surface area (Å²) >= 11 is 13.4. The average molecular weight is 553 g/mol. The number of allylic oxidation sites excluding steroid dienone is 1. The number of benzene rings is 2. The summed E-state index contributed by atoms with van der Waals surface area (Å²) in [6.45, 7) is 5.72. The van der Waals surface area contributed by atoms with Crippen molar-refractivity contribution >= 4 is 46.6 Å². The SMILES string of the molecule is CCOC(=O)C1=C(C)N=c2s/c(=C\c3ccc(-c4ccc(Cl)c(Cl)c4)o3)c(=O)n2[C@H]1c1ccc(C)cc1. The first-order valence-corrected chi connectivity index (χ1v) is 13.2. The maximum Gasteiger partial charge on any atom is 0.338 e. The quantitative estimate of drug-likeness (QED) is 0.299. The van der Waals surface area contributed by atoms with E-state index in [9.17, 15) is 9.59 Å². The highest BCUT2D eigenvalue weighted by molar-refractivity contribution is 7.07. The molecule has 0 amide bonds. The molecule has 5 rings (SSSR count). The molecule has 0 fully saturated rings. The van der Waals surface area contributed by atoms with E-state index < -0.39 is 12.0 Å². The molecule has 0 radical (unpaired) electrons. The molecule has 4 aromatic rings. The number of furan rings is 1. The first-order valence-electron chi connectivity index (χ1n) is 11.6. The van der Waals surface area contributed by atoms with Gasteiger partial charge in [-0.15, -0.1) is 0 Å². The van der Waals surface area contributed by atoms with Crippen LogP contribution >= 0.6 is 34.5 Å². The van der Waals surface area contributed by atoms with Gasteiger partial charge in [-0.25, -0.2) is 9.79 Å². The Balaban J connectivity index is 1.62. The number of esters is 1. The standard InChI is InChI=1S/C28H22Cl2N2O4S/c1-4-35-27(34)24-16(3)31-28-32(25(24)17-7-5-15(2)6-8-17)26(33)23(37-28)14-19-10-12-22(36-19)18-9-11-20(29)21(30)13-18/h5-14,25H,4H2,1-3H3/b23-14-/t25-/m0/s1. The summed E-state index contributed by atoms with van der Waals surface area (Å²) in [6, 6.07) is 15.9. The Morgan fingerprint density at radius 1 is 1.11 bits per heavy atom. The number of hydrogen-bond acceptors (Lipinski definition) is 6. The van der Waals surface area contributed by atoms with Crippen LogP contribution in [0.1, 0.15) is 36.8 Å². The van der Waals surface area contributed by atoms with E-state index in [1.54, 1.807) is 48.8 Å². The van der Waals surface area contributed by atoms with Gasteiger partial charge in [0.25, 0.3) is 5.56 Å². The van der Waals surface area contributed by atoms with E-state index in [1.807, 2.05) is 37.3 Å². The summed E-state index contributed by atoms with van der Waals surface area (Å²) in [5.74, 6) is 0.607. The zero-order valence-electron chi connectivity index (χ0n) is 20.2. The number of hydrogen-bond donors (Lipinski definition) is 0. The molecule has 1 aliphatic rings. The van der Waals surface area contributed by atoms with Crippen molar-refractivity contribution in [2.45, 2.75) is 26.8 Å². The molecule has 0 saturated carbocycles. The van der Waals surface area contributed by atoms with Crippen LogP contribution in [0.15, 0.2) is 80.1 Å². The maximum absolute atomic E-state index is 13.7. The van der Waals surface area contributed by atoms with Gasteiger partial charge in [0.2, 0.25) is 0 Å². The Morgan fingerprint density at radius 3 is 2.57 bits per heavy atom. The number of halogens is 2. The predicted octanol–water partition coefficient (Wildman–Crippen LogP) is 5.67. The lowest BCUT2D eigenvalue weighted by atomic mass is 9.95. The van der Waals surface area contributed by atoms with Gasteiger partial charge in [-0.05, 0) is 56.7 Å². The van der Waals surface area contributed by atoms with Crippen molar-refractivity contribution in [3.8, 4) is 11.3 Å². The van der Waals surface area contributed by atoms with E-state index in [1.165, 1.54) is 11.3 Å². The second-order valence-corrected chi connectivity index (χ2v) is 10.4. The number of thiazole rings is 1. The van der Waals surface area contributed by atoms with Crippen molar-refractivity contribution in [3.05, 3.63) is 112 Å². The molecule has 0 bridgehead atoms. The number of carbonyl (C=O) groups excluding carboxylic acids is 1. The van der Waals surface area contributed by atoms with E-state index in [0.29, 0.717) is 42.2 Å². The lowest BCUT2D eigenvalue weighted by molar-refractivity contribution is -0.139. The number of carbonyl (C=O) groups is 1. The molecule has 2 aromatic heterocycles. The van der Waals surface area contributed by atoms with Crippen LogP contribution in [-0.2, 0) is 9.53 Å². The van der Waals surface area contributed by atoms with Crippen LogP contribution in [0.2, 0.25) is 10.0 Å². The van der Waals surface area contributed by atoms with Crippen molar-refractivity contribution in [2.24, 2.45) is 4.99 Å². The first-order chi connectivity index (χ1) is 17.8. The Kier molecular flexibility index (Phi) is 6.94. The van der Waals surface area contributed by atoms with Crippen LogP contribution in [0.4, 0.5) is 0 Å². The monoisotopic (exact) mass is 552 g/mol. The summed E-state index contributed by atoms with van der Waals surface area (Å²) in [5, 5.41) is 0.883. The Morgan fingerprint density at radius 2 is 1.86 bits per heavy atom. The molecule has 0 aliphatic carbocycles. The van der Waals surface area contributed by atoms with Crippen LogP contribution in [0.5, 0.6) is 0 Å². The molecule has 9 heteroatoms. The van der Waals surface area contributed by atoms with Crippen LogP contribution < -0.4 is 14.9 Å². The van der Waals surface area contributed by atoms with Crippen molar-refractivity contribution in [2.75, 3.05) is 6.61 Å². The minimum atomic E-state index is -0.651. The third kappa shape index (κ3) is 4.82. The molecule has 3 heterocycles. The van der Waals surface area contributed by atoms with E-state index in [0.717, 1.165) is 16.7 Å². The van der Waals surface area contributed by atoms with Gasteiger partial charge in [0.15, 0.2) is 4.80 Å². The molecule has 0 saturated heterocycles. The fraction of sp³-hybridized carbons (Fsp3) is 0.179. The summed E-state index contributed by atoms with van der Waals surface area (Å²) in [5.41, 5.74) is 3.25. The molecular formula is C28H22Cl2N2O4S. The van der Waals surface area contributed by atoms with Crippen molar-refractivity contribution in [1.29, 1.82) is 0 Å². The minimum Gasteiger partial charge on any atom is -0.463 e. The molecule has 0 N–H and O–H groups in total. The van der Waals surface area contributed by atoms with Gasteiger partial charge in [0, 0.05) is 11.6 Å². The normalized spacial score (nSPS) is 15.5. The molecule has 0 unspecified atom stereocenters. The molecule has 188 valence electrons. The van der Waals surface area contributed by atoms with Gasteiger partial charge in [-0.3, -0.25) is 9.36 Å². The zero-order valence-corrected chi connectivity index (χ0v) is 22.6. The largest absolute Gasteiger partial charge is 0.463 e. The third-order valence-electron chi connectivity index (χ3n) is 6.01. The number of aromatic nitrogens is 1. The molecule has 37 heavy (non-hydrogen) atoms. The smallest absolute Gasteiger partial charge is 0.338 e. The molecule has 2 aromatic carbocycles. The second-order valence-electron chi connectivity index (χ2n) is 8.54. The summed E-state index contributed by atoms with van der Waals surface area (Å²) < 4.78 is 13.3. The van der Waals surface area contributed by atoms with Crippen molar-refractivity contribution in [3.63, 3.8) is 0 Å². The lowest BCUT2D eigenvalue weighted by Gasteiger charge is -2.24. The number of rotatable bonds is 5.